The molecule has 0 amide bonds. The van der Waals surface area contributed by atoms with Crippen LogP contribution in [-0.4, -0.2) is 50.3 Å². The van der Waals surface area contributed by atoms with E-state index in [1.54, 1.807) is 0 Å². The van der Waals surface area contributed by atoms with Gasteiger partial charge in [-0.25, -0.2) is 0 Å². The summed E-state index contributed by atoms with van der Waals surface area (Å²) in [6.07, 6.45) is 11.6. The summed E-state index contributed by atoms with van der Waals surface area (Å²) >= 11 is 0. The lowest BCUT2D eigenvalue weighted by molar-refractivity contribution is 0.0373. The molecule has 3 fully saturated rings. The van der Waals surface area contributed by atoms with Gasteiger partial charge in [0, 0.05) is 25.7 Å². The Bertz CT molecular complexity index is 274. The van der Waals surface area contributed by atoms with Gasteiger partial charge in [-0.1, -0.05) is 12.8 Å². The fourth-order valence-electron chi connectivity index (χ4n) is 4.06. The van der Waals surface area contributed by atoms with Crippen LogP contribution in [0, 0.1) is 5.41 Å². The lowest BCUT2D eigenvalue weighted by atomic mass is 9.77. The van der Waals surface area contributed by atoms with Crippen LogP contribution in [-0.2, 0) is 4.74 Å². The third-order valence-electron chi connectivity index (χ3n) is 5.62. The van der Waals surface area contributed by atoms with Gasteiger partial charge in [0.05, 0.1) is 6.61 Å². The van der Waals surface area contributed by atoms with E-state index < -0.39 is 0 Å². The van der Waals surface area contributed by atoms with E-state index in [1.165, 1.54) is 64.5 Å². The molecule has 1 spiro atoms. The van der Waals surface area contributed by atoms with Crippen molar-refractivity contribution in [1.82, 2.24) is 10.2 Å². The van der Waals surface area contributed by atoms with Crippen LogP contribution in [0.3, 0.4) is 0 Å². The maximum atomic E-state index is 5.45. The molecule has 2 aliphatic carbocycles. The lowest BCUT2D eigenvalue weighted by Crippen LogP contribution is -2.50. The highest BCUT2D eigenvalue weighted by Crippen LogP contribution is 2.46. The van der Waals surface area contributed by atoms with Gasteiger partial charge in [0.1, 0.15) is 0 Å². The molecule has 19 heavy (non-hydrogen) atoms. The van der Waals surface area contributed by atoms with E-state index in [-0.39, 0.29) is 0 Å². The molecule has 3 nitrogen and oxygen atoms in total. The Morgan fingerprint density at radius 2 is 1.84 bits per heavy atom. The highest BCUT2D eigenvalue weighted by molar-refractivity contribution is 4.92. The summed E-state index contributed by atoms with van der Waals surface area (Å²) in [5.41, 5.74) is 0.734. The summed E-state index contributed by atoms with van der Waals surface area (Å²) in [6, 6.07) is 1.40. The van der Waals surface area contributed by atoms with Crippen molar-refractivity contribution in [2.24, 2.45) is 5.41 Å². The average Bonchev–Trinajstić information content (AvgIpc) is 3.16. The van der Waals surface area contributed by atoms with E-state index in [0.717, 1.165) is 24.6 Å². The first-order valence-electron chi connectivity index (χ1n) is 8.28. The van der Waals surface area contributed by atoms with E-state index in [9.17, 15) is 0 Å². The van der Waals surface area contributed by atoms with Crippen molar-refractivity contribution in [3.05, 3.63) is 0 Å². The Hall–Kier alpha value is -0.120. The van der Waals surface area contributed by atoms with Crippen LogP contribution in [0.15, 0.2) is 0 Å². The fraction of sp³-hybridized carbons (Fsp3) is 1.00. The van der Waals surface area contributed by atoms with Gasteiger partial charge >= 0.3 is 0 Å². The van der Waals surface area contributed by atoms with E-state index in [0.29, 0.717) is 6.04 Å². The molecule has 1 saturated heterocycles. The minimum Gasteiger partial charge on any atom is -0.383 e. The first-order chi connectivity index (χ1) is 9.31. The summed E-state index contributed by atoms with van der Waals surface area (Å²) in [6.45, 7) is 4.58. The van der Waals surface area contributed by atoms with Crippen LogP contribution in [0.1, 0.15) is 51.4 Å². The van der Waals surface area contributed by atoms with Crippen LogP contribution in [0.25, 0.3) is 0 Å². The SMILES string of the molecule is COCC(CNC1CC1)N1CCC2(CCCC2)CC1. The highest BCUT2D eigenvalue weighted by Gasteiger charge is 2.38. The van der Waals surface area contributed by atoms with Gasteiger partial charge in [-0.2, -0.15) is 0 Å². The van der Waals surface area contributed by atoms with Crippen LogP contribution >= 0.6 is 0 Å². The molecule has 1 unspecified atom stereocenters. The number of likely N-dealkylation sites (tertiary alicyclic amines) is 1. The second kappa shape index (κ2) is 6.11. The number of nitrogens with zero attached hydrogens (tertiary/aromatic N) is 1. The zero-order valence-corrected chi connectivity index (χ0v) is 12.5. The number of hydrogen-bond donors (Lipinski definition) is 1. The number of rotatable bonds is 6. The van der Waals surface area contributed by atoms with Gasteiger partial charge in [-0.15, -0.1) is 0 Å². The molecule has 1 aliphatic heterocycles. The van der Waals surface area contributed by atoms with Crippen LogP contribution in [0.4, 0.5) is 0 Å². The minimum atomic E-state index is 0.587. The maximum Gasteiger partial charge on any atom is 0.0630 e. The van der Waals surface area contributed by atoms with Crippen molar-refractivity contribution in [3.8, 4) is 0 Å². The monoisotopic (exact) mass is 266 g/mol. The van der Waals surface area contributed by atoms with Gasteiger partial charge < -0.3 is 10.1 Å². The number of piperidine rings is 1. The molecular formula is C16H30N2O. The molecule has 1 heterocycles. The predicted molar refractivity (Wildman–Crippen MR) is 78.4 cm³/mol. The molecule has 1 atom stereocenters. The summed E-state index contributed by atoms with van der Waals surface area (Å²) < 4.78 is 5.45. The van der Waals surface area contributed by atoms with Crippen molar-refractivity contribution in [2.45, 2.75) is 63.5 Å². The van der Waals surface area contributed by atoms with Gasteiger partial charge in [0.2, 0.25) is 0 Å². The van der Waals surface area contributed by atoms with Crippen molar-refractivity contribution < 1.29 is 4.74 Å². The van der Waals surface area contributed by atoms with Crippen molar-refractivity contribution in [3.63, 3.8) is 0 Å². The fourth-order valence-corrected chi connectivity index (χ4v) is 4.06. The Kier molecular flexibility index (Phi) is 4.45. The summed E-state index contributed by atoms with van der Waals surface area (Å²) in [4.78, 5) is 2.68. The van der Waals surface area contributed by atoms with E-state index >= 15 is 0 Å². The van der Waals surface area contributed by atoms with Gasteiger partial charge in [-0.05, 0) is 57.0 Å². The average molecular weight is 266 g/mol. The molecule has 0 bridgehead atoms. The second-order valence-corrected chi connectivity index (χ2v) is 7.03. The van der Waals surface area contributed by atoms with Crippen LogP contribution < -0.4 is 5.32 Å². The first-order valence-corrected chi connectivity index (χ1v) is 8.28. The number of nitrogens with one attached hydrogen (secondary N) is 1. The Labute approximate surface area is 118 Å². The van der Waals surface area contributed by atoms with E-state index in [1.807, 2.05) is 7.11 Å². The quantitative estimate of drug-likeness (QED) is 0.799. The molecule has 110 valence electrons. The molecule has 0 aromatic heterocycles. The number of hydrogen-bond acceptors (Lipinski definition) is 3. The molecule has 0 aromatic rings. The first kappa shape index (κ1) is 13.8. The van der Waals surface area contributed by atoms with E-state index in [4.69, 9.17) is 4.74 Å². The molecule has 3 heteroatoms. The van der Waals surface area contributed by atoms with Crippen molar-refractivity contribution in [2.75, 3.05) is 33.4 Å². The van der Waals surface area contributed by atoms with Crippen LogP contribution in [0.2, 0.25) is 0 Å². The smallest absolute Gasteiger partial charge is 0.0630 e. The van der Waals surface area contributed by atoms with Crippen molar-refractivity contribution in [1.29, 1.82) is 0 Å². The molecule has 1 N–H and O–H groups in total. The summed E-state index contributed by atoms with van der Waals surface area (Å²) in [7, 11) is 1.84. The van der Waals surface area contributed by atoms with Gasteiger partial charge in [0.15, 0.2) is 0 Å². The molecule has 0 radical (unpaired) electrons. The molecule has 0 aromatic carbocycles. The van der Waals surface area contributed by atoms with Gasteiger partial charge in [-0.3, -0.25) is 4.90 Å². The standard InChI is InChI=1S/C16H30N2O/c1-19-13-15(12-17-14-4-5-14)18-10-8-16(9-11-18)6-2-3-7-16/h14-15,17H,2-13H2,1H3. The zero-order chi connectivity index (χ0) is 13.1. The number of ether oxygens (including phenoxy) is 1. The zero-order valence-electron chi connectivity index (χ0n) is 12.5. The number of methoxy groups -OCH3 is 1. The molecule has 3 aliphatic rings. The maximum absolute atomic E-state index is 5.45. The molecule has 2 saturated carbocycles. The topological polar surface area (TPSA) is 24.5 Å². The van der Waals surface area contributed by atoms with Gasteiger partial charge in [0.25, 0.3) is 0 Å². The van der Waals surface area contributed by atoms with Crippen molar-refractivity contribution >= 4 is 0 Å². The predicted octanol–water partition coefficient (Wildman–Crippen LogP) is 2.41. The third kappa shape index (κ3) is 3.50. The Balaban J connectivity index is 1.48. The third-order valence-corrected chi connectivity index (χ3v) is 5.62. The normalized spacial score (nSPS) is 28.9. The lowest BCUT2D eigenvalue weighted by Gasteiger charge is -2.42. The Morgan fingerprint density at radius 1 is 1.16 bits per heavy atom. The highest BCUT2D eigenvalue weighted by atomic mass is 16.5. The minimum absolute atomic E-state index is 0.587. The van der Waals surface area contributed by atoms with Crippen LogP contribution in [0.5, 0.6) is 0 Å². The summed E-state index contributed by atoms with van der Waals surface area (Å²) in [5.74, 6) is 0. The molecule has 3 rings (SSSR count). The Morgan fingerprint density at radius 3 is 2.42 bits per heavy atom. The molecular weight excluding hydrogens is 236 g/mol. The summed E-state index contributed by atoms with van der Waals surface area (Å²) in [5, 5.41) is 3.68. The second-order valence-electron chi connectivity index (χ2n) is 7.03. The largest absolute Gasteiger partial charge is 0.383 e. The van der Waals surface area contributed by atoms with E-state index in [2.05, 4.69) is 10.2 Å².